The summed E-state index contributed by atoms with van der Waals surface area (Å²) in [6, 6.07) is 9.42. The van der Waals surface area contributed by atoms with Crippen LogP contribution in [0.3, 0.4) is 0 Å². The van der Waals surface area contributed by atoms with Crippen molar-refractivity contribution in [3.63, 3.8) is 0 Å². The molecule has 0 unspecified atom stereocenters. The normalized spacial score (nSPS) is 12.2. The van der Waals surface area contributed by atoms with Gasteiger partial charge in [-0.2, -0.15) is 4.99 Å². The van der Waals surface area contributed by atoms with Gasteiger partial charge in [-0.15, -0.1) is 11.3 Å². The van der Waals surface area contributed by atoms with E-state index in [1.807, 2.05) is 42.8 Å². The zero-order chi connectivity index (χ0) is 17.6. The SMILES string of the molecule is COc1ccc(C)c2sc(=NC(=O)c3ccc4ncsc4c3)n(C)c12. The fraction of sp³-hybridized carbons (Fsp3) is 0.167. The highest BCUT2D eigenvalue weighted by atomic mass is 32.1. The second-order valence-corrected chi connectivity index (χ2v) is 7.52. The first-order valence-corrected chi connectivity index (χ1v) is 9.33. The molecule has 5 nitrogen and oxygen atoms in total. The largest absolute Gasteiger partial charge is 0.495 e. The molecule has 0 radical (unpaired) electrons. The second kappa shape index (κ2) is 6.09. The van der Waals surface area contributed by atoms with Crippen LogP contribution in [0.4, 0.5) is 0 Å². The Morgan fingerprint density at radius 3 is 2.92 bits per heavy atom. The molecule has 126 valence electrons. The van der Waals surface area contributed by atoms with E-state index < -0.39 is 0 Å². The van der Waals surface area contributed by atoms with Crippen LogP contribution in [0.25, 0.3) is 20.4 Å². The summed E-state index contributed by atoms with van der Waals surface area (Å²) in [7, 11) is 3.55. The number of rotatable bonds is 2. The van der Waals surface area contributed by atoms with Crippen molar-refractivity contribution < 1.29 is 9.53 Å². The molecule has 0 saturated carbocycles. The average Bonchev–Trinajstić information content (AvgIpc) is 3.21. The lowest BCUT2D eigenvalue weighted by atomic mass is 10.2. The molecule has 0 spiro atoms. The number of nitrogens with zero attached hydrogens (tertiary/aromatic N) is 3. The van der Waals surface area contributed by atoms with Crippen molar-refractivity contribution in [2.45, 2.75) is 6.92 Å². The number of amides is 1. The molecular weight excluding hydrogens is 354 g/mol. The highest BCUT2D eigenvalue weighted by Crippen LogP contribution is 2.29. The number of aryl methyl sites for hydroxylation is 2. The van der Waals surface area contributed by atoms with Crippen molar-refractivity contribution in [1.82, 2.24) is 9.55 Å². The molecule has 1 amide bonds. The third kappa shape index (κ3) is 2.65. The minimum Gasteiger partial charge on any atom is -0.495 e. The monoisotopic (exact) mass is 369 g/mol. The molecule has 0 aliphatic heterocycles. The maximum atomic E-state index is 12.6. The number of methoxy groups -OCH3 is 1. The van der Waals surface area contributed by atoms with Gasteiger partial charge in [0.1, 0.15) is 11.3 Å². The Morgan fingerprint density at radius 2 is 2.12 bits per heavy atom. The highest BCUT2D eigenvalue weighted by Gasteiger charge is 2.13. The first-order valence-electron chi connectivity index (χ1n) is 7.64. The topological polar surface area (TPSA) is 56.5 Å². The van der Waals surface area contributed by atoms with E-state index >= 15 is 0 Å². The quantitative estimate of drug-likeness (QED) is 0.538. The molecule has 0 aliphatic carbocycles. The van der Waals surface area contributed by atoms with Crippen LogP contribution in [0.2, 0.25) is 0 Å². The van der Waals surface area contributed by atoms with Gasteiger partial charge in [-0.05, 0) is 36.8 Å². The third-order valence-corrected chi connectivity index (χ3v) is 6.16. The van der Waals surface area contributed by atoms with Gasteiger partial charge in [-0.25, -0.2) is 4.98 Å². The smallest absolute Gasteiger partial charge is 0.279 e. The molecule has 0 aliphatic rings. The molecule has 0 saturated heterocycles. The van der Waals surface area contributed by atoms with E-state index in [2.05, 4.69) is 9.98 Å². The predicted octanol–water partition coefficient (Wildman–Crippen LogP) is 3.91. The Labute approximate surface area is 151 Å². The summed E-state index contributed by atoms with van der Waals surface area (Å²) in [5, 5.41) is 0. The van der Waals surface area contributed by atoms with Crippen LogP contribution in [0.5, 0.6) is 5.75 Å². The lowest BCUT2D eigenvalue weighted by molar-refractivity contribution is 0.0998. The fourth-order valence-corrected chi connectivity index (χ4v) is 4.58. The average molecular weight is 369 g/mol. The number of fused-ring (bicyclic) bond motifs is 2. The van der Waals surface area contributed by atoms with Gasteiger partial charge in [0.15, 0.2) is 4.80 Å². The van der Waals surface area contributed by atoms with Crippen molar-refractivity contribution >= 4 is 49.0 Å². The van der Waals surface area contributed by atoms with Crippen LogP contribution in [-0.2, 0) is 7.05 Å². The summed E-state index contributed by atoms with van der Waals surface area (Å²) < 4.78 is 9.43. The van der Waals surface area contributed by atoms with Crippen LogP contribution < -0.4 is 9.54 Å². The molecule has 0 fully saturated rings. The van der Waals surface area contributed by atoms with Gasteiger partial charge < -0.3 is 9.30 Å². The summed E-state index contributed by atoms with van der Waals surface area (Å²) >= 11 is 3.01. The molecule has 0 N–H and O–H groups in total. The minimum absolute atomic E-state index is 0.255. The molecule has 25 heavy (non-hydrogen) atoms. The number of benzene rings is 2. The summed E-state index contributed by atoms with van der Waals surface area (Å²) in [6.07, 6.45) is 0. The van der Waals surface area contributed by atoms with Gasteiger partial charge in [0.25, 0.3) is 5.91 Å². The number of carbonyl (C=O) groups excluding carboxylic acids is 1. The first kappa shape index (κ1) is 16.0. The van der Waals surface area contributed by atoms with Crippen molar-refractivity contribution in [3.05, 3.63) is 51.8 Å². The number of ether oxygens (including phenoxy) is 1. The second-order valence-electron chi connectivity index (χ2n) is 5.66. The van der Waals surface area contributed by atoms with Gasteiger partial charge in [-0.1, -0.05) is 17.4 Å². The van der Waals surface area contributed by atoms with Crippen LogP contribution in [0.15, 0.2) is 40.8 Å². The highest BCUT2D eigenvalue weighted by molar-refractivity contribution is 7.17. The molecule has 0 atom stereocenters. The van der Waals surface area contributed by atoms with Crippen molar-refractivity contribution in [2.75, 3.05) is 7.11 Å². The van der Waals surface area contributed by atoms with E-state index in [1.165, 1.54) is 22.7 Å². The fourth-order valence-electron chi connectivity index (χ4n) is 2.76. The maximum absolute atomic E-state index is 12.6. The summed E-state index contributed by atoms with van der Waals surface area (Å²) in [4.78, 5) is 21.9. The Kier molecular flexibility index (Phi) is 3.89. The van der Waals surface area contributed by atoms with Crippen LogP contribution in [0.1, 0.15) is 15.9 Å². The van der Waals surface area contributed by atoms with Gasteiger partial charge in [-0.3, -0.25) is 4.79 Å². The van der Waals surface area contributed by atoms with E-state index in [4.69, 9.17) is 4.74 Å². The maximum Gasteiger partial charge on any atom is 0.279 e. The van der Waals surface area contributed by atoms with Crippen LogP contribution >= 0.6 is 22.7 Å². The number of carbonyl (C=O) groups is 1. The summed E-state index contributed by atoms with van der Waals surface area (Å²) in [5.74, 6) is 0.522. The zero-order valence-electron chi connectivity index (χ0n) is 13.9. The molecule has 4 rings (SSSR count). The summed E-state index contributed by atoms with van der Waals surface area (Å²) in [5.41, 5.74) is 5.33. The molecule has 2 aromatic heterocycles. The third-order valence-electron chi connectivity index (χ3n) is 4.10. The van der Waals surface area contributed by atoms with Crippen LogP contribution in [-0.4, -0.2) is 22.6 Å². The van der Waals surface area contributed by atoms with E-state index in [9.17, 15) is 4.79 Å². The lowest BCUT2D eigenvalue weighted by Gasteiger charge is -2.05. The Balaban J connectivity index is 1.86. The van der Waals surface area contributed by atoms with Gasteiger partial charge >= 0.3 is 0 Å². The van der Waals surface area contributed by atoms with Crippen molar-refractivity contribution in [2.24, 2.45) is 12.0 Å². The van der Waals surface area contributed by atoms with Crippen molar-refractivity contribution in [1.29, 1.82) is 0 Å². The van der Waals surface area contributed by atoms with Gasteiger partial charge in [0.2, 0.25) is 0 Å². The number of hydrogen-bond donors (Lipinski definition) is 0. The predicted molar refractivity (Wildman–Crippen MR) is 102 cm³/mol. The lowest BCUT2D eigenvalue weighted by Crippen LogP contribution is -2.13. The van der Waals surface area contributed by atoms with E-state index in [-0.39, 0.29) is 5.91 Å². The number of hydrogen-bond acceptors (Lipinski definition) is 5. The van der Waals surface area contributed by atoms with E-state index in [0.29, 0.717) is 10.4 Å². The van der Waals surface area contributed by atoms with E-state index in [1.54, 1.807) is 18.7 Å². The minimum atomic E-state index is -0.255. The Morgan fingerprint density at radius 1 is 1.28 bits per heavy atom. The van der Waals surface area contributed by atoms with E-state index in [0.717, 1.165) is 31.7 Å². The van der Waals surface area contributed by atoms with Gasteiger partial charge in [0, 0.05) is 12.6 Å². The van der Waals surface area contributed by atoms with Gasteiger partial charge in [0.05, 0.1) is 27.5 Å². The van der Waals surface area contributed by atoms with Crippen molar-refractivity contribution in [3.8, 4) is 5.75 Å². The molecule has 2 aromatic carbocycles. The molecule has 4 aromatic rings. The molecule has 0 bridgehead atoms. The number of aromatic nitrogens is 2. The Bertz CT molecular complexity index is 1180. The first-order chi connectivity index (χ1) is 12.1. The zero-order valence-corrected chi connectivity index (χ0v) is 15.6. The Hall–Kier alpha value is -2.51. The summed E-state index contributed by atoms with van der Waals surface area (Å²) in [6.45, 7) is 2.04. The van der Waals surface area contributed by atoms with Crippen LogP contribution in [0, 0.1) is 6.92 Å². The standard InChI is InChI=1S/C18H15N3O2S2/c1-10-4-7-13(23-3)15-16(10)25-18(21(15)2)20-17(22)11-5-6-12-14(8-11)24-9-19-12/h4-9H,1-3H3. The number of thiazole rings is 2. The molecular formula is C18H15N3O2S2. The molecule has 2 heterocycles. The molecule has 7 heteroatoms.